The van der Waals surface area contributed by atoms with Crippen molar-refractivity contribution in [1.82, 2.24) is 5.32 Å². The van der Waals surface area contributed by atoms with Crippen LogP contribution in [-0.2, 0) is 4.79 Å². The monoisotopic (exact) mass is 244 g/mol. The number of nitrogens with one attached hydrogen (secondary N) is 1. The van der Waals surface area contributed by atoms with Crippen molar-refractivity contribution < 1.29 is 9.90 Å². The van der Waals surface area contributed by atoms with Crippen molar-refractivity contribution in [2.45, 2.75) is 47.0 Å². The summed E-state index contributed by atoms with van der Waals surface area (Å²) in [5, 5.41) is 11.5. The van der Waals surface area contributed by atoms with Gasteiger partial charge in [0.15, 0.2) is 0 Å². The molecule has 4 heteroatoms. The number of hydrogen-bond acceptors (Lipinski definition) is 3. The summed E-state index contributed by atoms with van der Waals surface area (Å²) in [7, 11) is 0. The topological polar surface area (TPSA) is 75.3 Å². The van der Waals surface area contributed by atoms with Crippen LogP contribution in [0, 0.1) is 10.8 Å². The quantitative estimate of drug-likeness (QED) is 0.602. The van der Waals surface area contributed by atoms with Crippen molar-refractivity contribution in [1.29, 1.82) is 0 Å². The highest BCUT2D eigenvalue weighted by Gasteiger charge is 2.32. The Labute approximate surface area is 105 Å². The van der Waals surface area contributed by atoms with E-state index in [1.54, 1.807) is 0 Å². The summed E-state index contributed by atoms with van der Waals surface area (Å²) in [5.74, 6) is -0.310. The molecule has 0 aliphatic heterocycles. The third-order valence-corrected chi connectivity index (χ3v) is 3.91. The van der Waals surface area contributed by atoms with Gasteiger partial charge in [-0.2, -0.15) is 0 Å². The summed E-state index contributed by atoms with van der Waals surface area (Å²) in [5.41, 5.74) is 5.99. The average Bonchev–Trinajstić information content (AvgIpc) is 2.35. The van der Waals surface area contributed by atoms with Crippen molar-refractivity contribution >= 4 is 5.91 Å². The molecule has 4 N–H and O–H groups in total. The molecule has 0 saturated heterocycles. The molecule has 0 saturated carbocycles. The Kier molecular flexibility index (Phi) is 6.72. The van der Waals surface area contributed by atoms with Crippen LogP contribution in [0.2, 0.25) is 0 Å². The first kappa shape index (κ1) is 16.4. The molecule has 0 radical (unpaired) electrons. The number of amides is 1. The number of nitrogens with two attached hydrogens (primary N) is 1. The summed E-state index contributed by atoms with van der Waals surface area (Å²) in [4.78, 5) is 11.1. The van der Waals surface area contributed by atoms with Gasteiger partial charge in [-0.1, -0.05) is 27.7 Å². The van der Waals surface area contributed by atoms with Gasteiger partial charge in [-0.15, -0.1) is 0 Å². The Morgan fingerprint density at radius 1 is 1.24 bits per heavy atom. The van der Waals surface area contributed by atoms with Gasteiger partial charge in [0.2, 0.25) is 5.91 Å². The van der Waals surface area contributed by atoms with E-state index in [2.05, 4.69) is 33.0 Å². The molecule has 0 aliphatic rings. The Bertz CT molecular complexity index is 240. The average molecular weight is 244 g/mol. The van der Waals surface area contributed by atoms with Crippen LogP contribution in [0.5, 0.6) is 0 Å². The fourth-order valence-corrected chi connectivity index (χ4v) is 2.05. The minimum atomic E-state index is -0.443. The van der Waals surface area contributed by atoms with E-state index in [9.17, 15) is 4.79 Å². The normalized spacial score (nSPS) is 18.2. The van der Waals surface area contributed by atoms with Gasteiger partial charge in [0.1, 0.15) is 6.61 Å². The van der Waals surface area contributed by atoms with Crippen LogP contribution >= 0.6 is 0 Å². The maximum Gasteiger partial charge on any atom is 0.245 e. The Morgan fingerprint density at radius 2 is 1.76 bits per heavy atom. The number of aliphatic hydroxyl groups excluding tert-OH is 1. The number of aliphatic hydroxyl groups is 1. The number of carbonyl (C=O) groups is 1. The van der Waals surface area contributed by atoms with Crippen molar-refractivity contribution in [2.24, 2.45) is 16.6 Å². The van der Waals surface area contributed by atoms with E-state index >= 15 is 0 Å². The molecular weight excluding hydrogens is 216 g/mol. The fraction of sp³-hybridized carbons (Fsp3) is 0.923. The Balaban J connectivity index is 4.50. The van der Waals surface area contributed by atoms with Crippen LogP contribution in [0.4, 0.5) is 0 Å². The highest BCUT2D eigenvalue weighted by molar-refractivity contribution is 5.76. The molecule has 0 aromatic rings. The first-order chi connectivity index (χ1) is 7.84. The minimum Gasteiger partial charge on any atom is -0.387 e. The lowest BCUT2D eigenvalue weighted by atomic mass is 9.70. The maximum atomic E-state index is 11.1. The molecule has 0 spiro atoms. The van der Waals surface area contributed by atoms with Gasteiger partial charge in [0.25, 0.3) is 0 Å². The lowest BCUT2D eigenvalue weighted by molar-refractivity contribution is -0.124. The second kappa shape index (κ2) is 6.97. The second-order valence-electron chi connectivity index (χ2n) is 5.64. The van der Waals surface area contributed by atoms with E-state index < -0.39 is 6.61 Å². The Hall–Kier alpha value is -0.610. The van der Waals surface area contributed by atoms with Gasteiger partial charge >= 0.3 is 0 Å². The third-order valence-electron chi connectivity index (χ3n) is 3.91. The van der Waals surface area contributed by atoms with E-state index in [0.717, 1.165) is 19.3 Å². The molecule has 1 amide bonds. The predicted octanol–water partition coefficient (Wildman–Crippen LogP) is 1.28. The minimum absolute atomic E-state index is 0.0367. The van der Waals surface area contributed by atoms with E-state index in [4.69, 9.17) is 10.8 Å². The van der Waals surface area contributed by atoms with Crippen molar-refractivity contribution in [2.75, 3.05) is 19.7 Å². The zero-order valence-electron chi connectivity index (χ0n) is 11.7. The zero-order valence-corrected chi connectivity index (χ0v) is 11.7. The second-order valence-corrected chi connectivity index (χ2v) is 5.64. The van der Waals surface area contributed by atoms with Gasteiger partial charge in [0.05, 0.1) is 0 Å². The summed E-state index contributed by atoms with van der Waals surface area (Å²) in [6.45, 7) is 9.43. The van der Waals surface area contributed by atoms with Crippen LogP contribution in [0.25, 0.3) is 0 Å². The number of rotatable bonds is 8. The predicted molar refractivity (Wildman–Crippen MR) is 70.6 cm³/mol. The first-order valence-corrected chi connectivity index (χ1v) is 6.42. The van der Waals surface area contributed by atoms with E-state index in [0.29, 0.717) is 13.1 Å². The summed E-state index contributed by atoms with van der Waals surface area (Å²) in [6, 6.07) is 0. The van der Waals surface area contributed by atoms with Crippen LogP contribution in [0.1, 0.15) is 47.0 Å². The zero-order chi connectivity index (χ0) is 13.5. The van der Waals surface area contributed by atoms with Crippen LogP contribution < -0.4 is 11.1 Å². The summed E-state index contributed by atoms with van der Waals surface area (Å²) in [6.07, 6.45) is 3.00. The molecule has 2 unspecified atom stereocenters. The third kappa shape index (κ3) is 5.50. The van der Waals surface area contributed by atoms with E-state index in [1.807, 2.05) is 0 Å². The van der Waals surface area contributed by atoms with Crippen molar-refractivity contribution in [3.05, 3.63) is 0 Å². The molecule has 2 atom stereocenters. The lowest BCUT2D eigenvalue weighted by Gasteiger charge is -2.38. The van der Waals surface area contributed by atoms with Crippen molar-refractivity contribution in [3.8, 4) is 0 Å². The lowest BCUT2D eigenvalue weighted by Crippen LogP contribution is -2.41. The van der Waals surface area contributed by atoms with Gasteiger partial charge < -0.3 is 16.2 Å². The van der Waals surface area contributed by atoms with Gasteiger partial charge in [-0.3, -0.25) is 4.79 Å². The van der Waals surface area contributed by atoms with Crippen LogP contribution in [0.3, 0.4) is 0 Å². The van der Waals surface area contributed by atoms with Crippen LogP contribution in [0.15, 0.2) is 0 Å². The molecule has 17 heavy (non-hydrogen) atoms. The molecule has 102 valence electrons. The van der Waals surface area contributed by atoms with Gasteiger partial charge in [-0.05, 0) is 36.6 Å². The molecule has 4 nitrogen and oxygen atoms in total. The van der Waals surface area contributed by atoms with E-state index in [-0.39, 0.29) is 16.7 Å². The SMILES string of the molecule is CCC(C)(CN)CC(C)(CC)CNC(=O)CO. The molecule has 0 rings (SSSR count). The van der Waals surface area contributed by atoms with Crippen molar-refractivity contribution in [3.63, 3.8) is 0 Å². The number of carbonyl (C=O) groups excluding carboxylic acids is 1. The summed E-state index contributed by atoms with van der Waals surface area (Å²) >= 11 is 0. The molecule has 0 bridgehead atoms. The highest BCUT2D eigenvalue weighted by Crippen LogP contribution is 2.37. The maximum absolute atomic E-state index is 11.1. The summed E-state index contributed by atoms with van der Waals surface area (Å²) < 4.78 is 0. The first-order valence-electron chi connectivity index (χ1n) is 6.42. The molecule has 0 aliphatic carbocycles. The van der Waals surface area contributed by atoms with Gasteiger partial charge in [0, 0.05) is 6.54 Å². The molecule has 0 heterocycles. The van der Waals surface area contributed by atoms with Gasteiger partial charge in [-0.25, -0.2) is 0 Å². The number of hydrogen-bond donors (Lipinski definition) is 3. The molecular formula is C13H28N2O2. The molecule has 0 fully saturated rings. The highest BCUT2D eigenvalue weighted by atomic mass is 16.3. The molecule has 0 aromatic carbocycles. The largest absolute Gasteiger partial charge is 0.387 e. The Morgan fingerprint density at radius 3 is 2.12 bits per heavy atom. The fourth-order valence-electron chi connectivity index (χ4n) is 2.05. The van der Waals surface area contributed by atoms with Crippen LogP contribution in [-0.4, -0.2) is 30.7 Å². The molecule has 0 aromatic heterocycles. The van der Waals surface area contributed by atoms with E-state index in [1.165, 1.54) is 0 Å². The standard InChI is InChI=1S/C13H28N2O2/c1-5-12(3,9-14)8-13(4,6-2)10-15-11(17)7-16/h16H,5-10,14H2,1-4H3,(H,15,17). The smallest absolute Gasteiger partial charge is 0.245 e.